The number of nitrogens with zero attached hydrogens (tertiary/aromatic N) is 5. The number of piperidine rings is 1. The van der Waals surface area contributed by atoms with Crippen LogP contribution in [0.25, 0.3) is 5.78 Å². The van der Waals surface area contributed by atoms with Crippen LogP contribution in [-0.2, 0) is 0 Å². The van der Waals surface area contributed by atoms with E-state index in [1.807, 2.05) is 4.90 Å². The Morgan fingerprint density at radius 3 is 2.40 bits per heavy atom. The molecule has 0 N–H and O–H groups in total. The molecule has 2 bridgehead atoms. The Bertz CT molecular complexity index is 1100. The summed E-state index contributed by atoms with van der Waals surface area (Å²) in [6.45, 7) is 1.60. The zero-order chi connectivity index (χ0) is 21.0. The van der Waals surface area contributed by atoms with Crippen molar-refractivity contribution >= 4 is 11.7 Å². The molecule has 2 atom stereocenters. The molecule has 0 radical (unpaired) electrons. The molecule has 6 nitrogen and oxygen atoms in total. The Morgan fingerprint density at radius 1 is 1.10 bits per heavy atom. The molecular weight excluding hydrogens is 395 g/mol. The summed E-state index contributed by atoms with van der Waals surface area (Å²) in [6.07, 6.45) is 0.561. The zero-order valence-corrected chi connectivity index (χ0v) is 16.3. The average molecular weight is 415 g/mol. The Kier molecular flexibility index (Phi) is 4.48. The van der Waals surface area contributed by atoms with Gasteiger partial charge in [0.25, 0.3) is 18.1 Å². The van der Waals surface area contributed by atoms with Crippen LogP contribution in [0.5, 0.6) is 0 Å². The molecule has 0 saturated carbocycles. The molecule has 2 unspecified atom stereocenters. The van der Waals surface area contributed by atoms with Gasteiger partial charge in [-0.2, -0.15) is 9.50 Å². The van der Waals surface area contributed by atoms with E-state index in [2.05, 4.69) is 15.1 Å². The van der Waals surface area contributed by atoms with Gasteiger partial charge in [-0.3, -0.25) is 4.79 Å². The van der Waals surface area contributed by atoms with Gasteiger partial charge >= 0.3 is 0 Å². The Hall–Kier alpha value is -2.97. The second-order valence-electron chi connectivity index (χ2n) is 8.09. The number of hydrogen-bond acceptors (Lipinski definition) is 4. The minimum atomic E-state index is -2.75. The zero-order valence-electron chi connectivity index (χ0n) is 16.3. The Morgan fingerprint density at radius 2 is 1.77 bits per heavy atom. The van der Waals surface area contributed by atoms with Crippen molar-refractivity contribution < 1.29 is 18.0 Å². The maximum Gasteiger partial charge on any atom is 0.294 e. The number of carbonyl (C=O) groups excluding carboxylic acids is 1. The average Bonchev–Trinajstić information content (AvgIpc) is 3.25. The number of benzene rings is 1. The van der Waals surface area contributed by atoms with Crippen molar-refractivity contribution in [1.29, 1.82) is 0 Å². The first kappa shape index (κ1) is 19.0. The molecule has 0 aliphatic carbocycles. The van der Waals surface area contributed by atoms with Crippen molar-refractivity contribution in [2.45, 2.75) is 57.0 Å². The van der Waals surface area contributed by atoms with Gasteiger partial charge in [-0.25, -0.2) is 18.2 Å². The molecule has 1 aromatic carbocycles. The van der Waals surface area contributed by atoms with E-state index in [1.54, 1.807) is 19.1 Å². The van der Waals surface area contributed by atoms with Gasteiger partial charge < -0.3 is 4.90 Å². The van der Waals surface area contributed by atoms with Crippen LogP contribution in [-0.4, -0.2) is 42.5 Å². The lowest BCUT2D eigenvalue weighted by Crippen LogP contribution is -2.46. The van der Waals surface area contributed by atoms with Crippen LogP contribution in [0.4, 0.5) is 13.2 Å². The molecule has 9 heteroatoms. The van der Waals surface area contributed by atoms with E-state index in [1.165, 1.54) is 18.2 Å². The first-order valence-electron chi connectivity index (χ1n) is 10.0. The topological polar surface area (TPSA) is 63.4 Å². The van der Waals surface area contributed by atoms with Gasteiger partial charge in [0.1, 0.15) is 11.5 Å². The molecule has 2 aromatic heterocycles. The lowest BCUT2D eigenvalue weighted by atomic mass is 9.85. The lowest BCUT2D eigenvalue weighted by molar-refractivity contribution is 0.0558. The molecule has 1 amide bonds. The van der Waals surface area contributed by atoms with E-state index in [0.29, 0.717) is 5.69 Å². The fourth-order valence-corrected chi connectivity index (χ4v) is 4.89. The Labute approximate surface area is 170 Å². The van der Waals surface area contributed by atoms with Crippen molar-refractivity contribution in [3.8, 4) is 0 Å². The van der Waals surface area contributed by atoms with Gasteiger partial charge in [-0.05, 0) is 62.3 Å². The van der Waals surface area contributed by atoms with E-state index in [9.17, 15) is 18.0 Å². The highest BCUT2D eigenvalue weighted by Crippen LogP contribution is 2.43. The quantitative estimate of drug-likeness (QED) is 0.647. The van der Waals surface area contributed by atoms with Crippen molar-refractivity contribution in [1.82, 2.24) is 24.5 Å². The molecule has 2 fully saturated rings. The maximum atomic E-state index is 13.4. The minimum absolute atomic E-state index is 0.00203. The van der Waals surface area contributed by atoms with E-state index in [-0.39, 0.29) is 47.0 Å². The molecule has 5 rings (SSSR count). The van der Waals surface area contributed by atoms with E-state index in [4.69, 9.17) is 0 Å². The molecule has 30 heavy (non-hydrogen) atoms. The van der Waals surface area contributed by atoms with Gasteiger partial charge in [0.15, 0.2) is 0 Å². The first-order valence-corrected chi connectivity index (χ1v) is 10.0. The highest BCUT2D eigenvalue weighted by Gasteiger charge is 2.44. The summed E-state index contributed by atoms with van der Waals surface area (Å²) in [5, 5.41) is 4.06. The van der Waals surface area contributed by atoms with Crippen LogP contribution in [0.1, 0.15) is 65.6 Å². The fourth-order valence-electron chi connectivity index (χ4n) is 4.89. The van der Waals surface area contributed by atoms with Crippen LogP contribution >= 0.6 is 0 Å². The molecule has 2 aliphatic heterocycles. The third kappa shape index (κ3) is 3.12. The number of aryl methyl sites for hydroxylation is 1. The number of aromatic nitrogens is 4. The molecule has 3 aromatic rings. The molecule has 2 saturated heterocycles. The highest BCUT2D eigenvalue weighted by molar-refractivity contribution is 5.91. The summed E-state index contributed by atoms with van der Waals surface area (Å²) in [7, 11) is 0. The van der Waals surface area contributed by atoms with Crippen LogP contribution < -0.4 is 0 Å². The summed E-state index contributed by atoms with van der Waals surface area (Å²) < 4.78 is 40.9. The first-order chi connectivity index (χ1) is 14.4. The third-order valence-electron chi connectivity index (χ3n) is 6.19. The summed E-state index contributed by atoms with van der Waals surface area (Å²) in [5.41, 5.74) is 1.14. The fraction of sp³-hybridized carbons (Fsp3) is 0.429. The smallest absolute Gasteiger partial charge is 0.294 e. The minimum Gasteiger partial charge on any atom is -0.330 e. The molecular formula is C21H20F3N5O. The van der Waals surface area contributed by atoms with E-state index < -0.39 is 6.43 Å². The largest absolute Gasteiger partial charge is 0.330 e. The van der Waals surface area contributed by atoms with Crippen LogP contribution in [0, 0.1) is 12.7 Å². The second kappa shape index (κ2) is 7.07. The summed E-state index contributed by atoms with van der Waals surface area (Å²) in [5.74, 6) is -0.451. The predicted octanol–water partition coefficient (Wildman–Crippen LogP) is 4.06. The highest BCUT2D eigenvalue weighted by atomic mass is 19.3. The van der Waals surface area contributed by atoms with E-state index in [0.717, 1.165) is 35.8 Å². The number of alkyl halides is 2. The maximum absolute atomic E-state index is 13.4. The van der Waals surface area contributed by atoms with Crippen molar-refractivity contribution in [2.24, 2.45) is 0 Å². The lowest BCUT2D eigenvalue weighted by Gasteiger charge is -2.38. The van der Waals surface area contributed by atoms with Crippen LogP contribution in [0.3, 0.4) is 0 Å². The monoisotopic (exact) mass is 415 g/mol. The van der Waals surface area contributed by atoms with Gasteiger partial charge in [0.05, 0.1) is 0 Å². The van der Waals surface area contributed by atoms with Crippen LogP contribution in [0.2, 0.25) is 0 Å². The van der Waals surface area contributed by atoms with Gasteiger partial charge in [-0.1, -0.05) is 12.1 Å². The molecule has 0 spiro atoms. The van der Waals surface area contributed by atoms with Gasteiger partial charge in [0, 0.05) is 17.8 Å². The number of rotatable bonds is 3. The Balaban J connectivity index is 1.42. The number of halogens is 3. The third-order valence-corrected chi connectivity index (χ3v) is 6.19. The predicted molar refractivity (Wildman–Crippen MR) is 102 cm³/mol. The normalized spacial score (nSPS) is 23.5. The summed E-state index contributed by atoms with van der Waals surface area (Å²) in [4.78, 5) is 23.3. The van der Waals surface area contributed by atoms with Gasteiger partial charge in [0.2, 0.25) is 5.82 Å². The van der Waals surface area contributed by atoms with Crippen molar-refractivity contribution in [3.05, 3.63) is 58.9 Å². The van der Waals surface area contributed by atoms with Crippen molar-refractivity contribution in [3.63, 3.8) is 0 Å². The number of hydrogen-bond donors (Lipinski definition) is 0. The summed E-state index contributed by atoms with van der Waals surface area (Å²) >= 11 is 0. The molecule has 4 heterocycles. The molecule has 156 valence electrons. The van der Waals surface area contributed by atoms with Crippen LogP contribution in [0.15, 0.2) is 30.3 Å². The summed E-state index contributed by atoms with van der Waals surface area (Å²) in [6, 6.07) is 7.85. The second-order valence-corrected chi connectivity index (χ2v) is 8.09. The van der Waals surface area contributed by atoms with E-state index >= 15 is 0 Å². The number of fused-ring (bicyclic) bond motifs is 3. The van der Waals surface area contributed by atoms with Gasteiger partial charge in [-0.15, -0.1) is 5.10 Å². The number of carbonyl (C=O) groups is 1. The SMILES string of the molecule is Cc1cc(C(F)F)n2nc(C(=O)N3C4CCC3CC(c3ccc(F)cc3)C4)nc2n1. The number of amides is 1. The standard InChI is InChI=1S/C21H20F3N5O/c1-11-8-17(18(23)24)29-21(25-11)26-19(27-29)20(30)28-15-6-7-16(28)10-13(9-15)12-2-4-14(22)5-3-12/h2-5,8,13,15-16,18H,6-7,9-10H2,1H3. The molecule has 2 aliphatic rings. The van der Waals surface area contributed by atoms with Crippen molar-refractivity contribution in [2.75, 3.05) is 0 Å².